The first kappa shape index (κ1) is 17.6. The molecule has 3 atom stereocenters. The lowest BCUT2D eigenvalue weighted by Crippen LogP contribution is -2.56. The number of rotatable bonds is 6. The highest BCUT2D eigenvalue weighted by atomic mass is 19.1. The van der Waals surface area contributed by atoms with E-state index >= 15 is 0 Å². The number of nitrogens with zero attached hydrogens (tertiary/aromatic N) is 2. The molecule has 2 bridgehead atoms. The second-order valence-electron chi connectivity index (χ2n) is 6.06. The van der Waals surface area contributed by atoms with Crippen molar-refractivity contribution in [2.45, 2.75) is 38.3 Å². The maximum Gasteiger partial charge on any atom is 0.370 e. The number of hydroxylamine groups is 2. The van der Waals surface area contributed by atoms with Gasteiger partial charge in [-0.05, 0) is 19.4 Å². The number of carbonyl (C=O) groups excluding carboxylic acids is 3. The van der Waals surface area contributed by atoms with Crippen LogP contribution in [0.3, 0.4) is 0 Å². The Morgan fingerprint density at radius 1 is 1.48 bits per heavy atom. The number of halogens is 1. The van der Waals surface area contributed by atoms with Crippen LogP contribution in [0.25, 0.3) is 0 Å². The van der Waals surface area contributed by atoms with Gasteiger partial charge in [0, 0.05) is 0 Å². The van der Waals surface area contributed by atoms with E-state index in [9.17, 15) is 18.8 Å². The van der Waals surface area contributed by atoms with Gasteiger partial charge in [-0.25, -0.2) is 18.8 Å². The van der Waals surface area contributed by atoms with Crippen LogP contribution in [0.1, 0.15) is 13.8 Å². The molecule has 0 spiro atoms. The van der Waals surface area contributed by atoms with Gasteiger partial charge in [-0.1, -0.05) is 6.08 Å². The topological polar surface area (TPSA) is 97.4 Å². The Morgan fingerprint density at radius 3 is 2.80 bits per heavy atom. The quantitative estimate of drug-likeness (QED) is 0.519. The van der Waals surface area contributed by atoms with Crippen molar-refractivity contribution < 1.29 is 33.1 Å². The lowest BCUT2D eigenvalue weighted by molar-refractivity contribution is -0.223. The van der Waals surface area contributed by atoms with E-state index in [0.29, 0.717) is 18.8 Å². The van der Waals surface area contributed by atoms with Crippen molar-refractivity contribution in [3.05, 3.63) is 11.6 Å². The lowest BCUT2D eigenvalue weighted by atomic mass is 9.99. The number of hydrogen-bond donors (Lipinski definition) is 1. The summed E-state index contributed by atoms with van der Waals surface area (Å²) in [7, 11) is 0. The summed E-state index contributed by atoms with van der Waals surface area (Å²) in [5, 5.41) is 3.59. The predicted molar refractivity (Wildman–Crippen MR) is 80.6 cm³/mol. The molecule has 25 heavy (non-hydrogen) atoms. The van der Waals surface area contributed by atoms with Crippen molar-refractivity contribution in [2.75, 3.05) is 26.4 Å². The third kappa shape index (κ3) is 3.31. The average molecular weight is 357 g/mol. The fourth-order valence-corrected chi connectivity index (χ4v) is 3.02. The number of ether oxygens (including phenoxy) is 2. The number of nitrogens with one attached hydrogen (secondary N) is 1. The summed E-state index contributed by atoms with van der Waals surface area (Å²) in [4.78, 5) is 42.5. The van der Waals surface area contributed by atoms with Gasteiger partial charge in [-0.2, -0.15) is 5.06 Å². The average Bonchev–Trinajstić information content (AvgIpc) is 2.76. The Kier molecular flexibility index (Phi) is 4.91. The Bertz CT molecular complexity index is 608. The monoisotopic (exact) mass is 357 g/mol. The van der Waals surface area contributed by atoms with Crippen molar-refractivity contribution in [1.82, 2.24) is 15.3 Å². The molecule has 0 aromatic rings. The molecule has 3 rings (SSSR count). The van der Waals surface area contributed by atoms with Crippen LogP contribution in [0.2, 0.25) is 0 Å². The second-order valence-corrected chi connectivity index (χ2v) is 6.06. The molecule has 3 aliphatic heterocycles. The van der Waals surface area contributed by atoms with Gasteiger partial charge in [0.25, 0.3) is 0 Å². The Hall–Kier alpha value is -2.20. The van der Waals surface area contributed by atoms with Crippen LogP contribution in [-0.2, 0) is 23.9 Å². The molecule has 0 radical (unpaired) electrons. The van der Waals surface area contributed by atoms with E-state index < -0.39 is 30.4 Å². The molecule has 0 aromatic carbocycles. The highest BCUT2D eigenvalue weighted by molar-refractivity contribution is 5.91. The molecule has 10 heteroatoms. The molecule has 2 fully saturated rings. The van der Waals surface area contributed by atoms with Gasteiger partial charge in [0.2, 0.25) is 5.91 Å². The van der Waals surface area contributed by atoms with Crippen molar-refractivity contribution in [3.63, 3.8) is 0 Å². The minimum atomic E-state index is -2.41. The van der Waals surface area contributed by atoms with Crippen LogP contribution >= 0.6 is 0 Å². The maximum absolute atomic E-state index is 13.8. The van der Waals surface area contributed by atoms with Crippen LogP contribution in [0, 0.1) is 0 Å². The van der Waals surface area contributed by atoms with Crippen molar-refractivity contribution in [3.8, 4) is 0 Å². The van der Waals surface area contributed by atoms with Gasteiger partial charge >= 0.3 is 18.4 Å². The summed E-state index contributed by atoms with van der Waals surface area (Å²) in [5.41, 5.74) is 0.653. The Balaban J connectivity index is 1.68. The summed E-state index contributed by atoms with van der Waals surface area (Å²) in [6, 6.07) is -2.10. The fourth-order valence-electron chi connectivity index (χ4n) is 3.02. The molecule has 138 valence electrons. The van der Waals surface area contributed by atoms with Gasteiger partial charge in [0.15, 0.2) is 0 Å². The van der Waals surface area contributed by atoms with E-state index in [1.54, 1.807) is 13.0 Å². The zero-order valence-electron chi connectivity index (χ0n) is 13.9. The molecule has 0 unspecified atom stereocenters. The zero-order valence-corrected chi connectivity index (χ0v) is 13.9. The van der Waals surface area contributed by atoms with Crippen molar-refractivity contribution in [1.29, 1.82) is 0 Å². The van der Waals surface area contributed by atoms with Crippen LogP contribution in [-0.4, -0.2) is 78.7 Å². The van der Waals surface area contributed by atoms with Crippen LogP contribution < -0.4 is 5.32 Å². The minimum Gasteiger partial charge on any atom is -0.462 e. The van der Waals surface area contributed by atoms with Gasteiger partial charge < -0.3 is 19.7 Å². The van der Waals surface area contributed by atoms with Crippen molar-refractivity contribution in [2.24, 2.45) is 0 Å². The highest BCUT2D eigenvalue weighted by Crippen LogP contribution is 2.30. The summed E-state index contributed by atoms with van der Waals surface area (Å²) in [5.74, 6) is -1.52. The van der Waals surface area contributed by atoms with E-state index in [0.717, 1.165) is 5.06 Å². The predicted octanol–water partition coefficient (Wildman–Crippen LogP) is -0.274. The largest absolute Gasteiger partial charge is 0.462 e. The lowest BCUT2D eigenvalue weighted by Gasteiger charge is -2.33. The SMILES string of the molecule is CCOC(=O)[C@H](F)ON1C(=O)N2C[C@H]1C=C(C)[C@H]2C(=O)NC1COC1. The van der Waals surface area contributed by atoms with Crippen LogP contribution in [0.4, 0.5) is 9.18 Å². The minimum absolute atomic E-state index is 0.00174. The molecule has 0 aromatic heterocycles. The van der Waals surface area contributed by atoms with E-state index in [1.807, 2.05) is 0 Å². The van der Waals surface area contributed by atoms with Crippen LogP contribution in [0.15, 0.2) is 11.6 Å². The summed E-state index contributed by atoms with van der Waals surface area (Å²) < 4.78 is 23.4. The first-order valence-electron chi connectivity index (χ1n) is 8.06. The molecular weight excluding hydrogens is 337 g/mol. The second kappa shape index (κ2) is 6.96. The Labute approximate surface area is 143 Å². The van der Waals surface area contributed by atoms with Gasteiger partial charge in [0.1, 0.15) is 6.04 Å². The molecule has 3 aliphatic rings. The first-order valence-corrected chi connectivity index (χ1v) is 8.06. The van der Waals surface area contributed by atoms with E-state index in [2.05, 4.69) is 10.1 Å². The van der Waals surface area contributed by atoms with Crippen LogP contribution in [0.5, 0.6) is 0 Å². The molecule has 1 N–H and O–H groups in total. The number of carbonyl (C=O) groups is 3. The summed E-state index contributed by atoms with van der Waals surface area (Å²) >= 11 is 0. The van der Waals surface area contributed by atoms with E-state index in [-0.39, 0.29) is 25.1 Å². The molecule has 0 aliphatic carbocycles. The molecular formula is C15H20FN3O6. The molecule has 0 saturated carbocycles. The van der Waals surface area contributed by atoms with E-state index in [1.165, 1.54) is 11.8 Å². The normalized spacial score (nSPS) is 26.8. The smallest absolute Gasteiger partial charge is 0.370 e. The first-order chi connectivity index (χ1) is 11.9. The fraction of sp³-hybridized carbons (Fsp3) is 0.667. The number of esters is 1. The third-order valence-electron chi connectivity index (χ3n) is 4.23. The van der Waals surface area contributed by atoms with Crippen molar-refractivity contribution >= 4 is 17.9 Å². The molecule has 3 amide bonds. The number of hydrogen-bond acceptors (Lipinski definition) is 6. The number of amides is 3. The number of fused-ring (bicyclic) bond motifs is 2. The molecule has 2 saturated heterocycles. The molecule has 3 heterocycles. The summed E-state index contributed by atoms with van der Waals surface area (Å²) in [6.45, 7) is 4.30. The highest BCUT2D eigenvalue weighted by Gasteiger charge is 2.49. The van der Waals surface area contributed by atoms with Gasteiger partial charge in [0.05, 0.1) is 38.4 Å². The molecule has 9 nitrogen and oxygen atoms in total. The van der Waals surface area contributed by atoms with Gasteiger partial charge in [-0.15, -0.1) is 0 Å². The zero-order chi connectivity index (χ0) is 18.1. The third-order valence-corrected chi connectivity index (χ3v) is 4.23. The van der Waals surface area contributed by atoms with E-state index in [4.69, 9.17) is 9.57 Å². The number of urea groups is 1. The summed E-state index contributed by atoms with van der Waals surface area (Å²) in [6.07, 6.45) is -0.738. The van der Waals surface area contributed by atoms with Gasteiger partial charge in [-0.3, -0.25) is 4.79 Å². The standard InChI is InChI=1S/C15H20FN3O6/c1-3-24-14(21)12(16)25-19-10-4-8(2)11(18(5-10)15(19)22)13(20)17-9-6-23-7-9/h4,9-12H,3,5-7H2,1-2H3,(H,17,20)/t10-,11+,12-/m1/s1. The Morgan fingerprint density at radius 2 is 2.20 bits per heavy atom. The maximum atomic E-state index is 13.8. The number of alkyl halides is 1.